The highest BCUT2D eigenvalue weighted by Gasteiger charge is 2.24. The average molecular weight is 368 g/mol. The summed E-state index contributed by atoms with van der Waals surface area (Å²) >= 11 is 0. The molecule has 1 fully saturated rings. The molecule has 27 heavy (non-hydrogen) atoms. The molecule has 2 aromatic carbocycles. The van der Waals surface area contributed by atoms with Gasteiger partial charge in [0.2, 0.25) is 5.91 Å². The lowest BCUT2D eigenvalue weighted by molar-refractivity contribution is -0.121. The average Bonchev–Trinajstić information content (AvgIpc) is 2.67. The van der Waals surface area contributed by atoms with E-state index in [4.69, 9.17) is 9.47 Å². The molecule has 2 amide bonds. The van der Waals surface area contributed by atoms with E-state index in [1.54, 1.807) is 12.1 Å². The number of amides is 2. The van der Waals surface area contributed by atoms with Crippen LogP contribution in [-0.4, -0.2) is 31.1 Å². The Morgan fingerprint density at radius 1 is 1.15 bits per heavy atom. The first-order valence-corrected chi connectivity index (χ1v) is 9.06. The van der Waals surface area contributed by atoms with Gasteiger partial charge >= 0.3 is 0 Å². The maximum absolute atomic E-state index is 12.1. The van der Waals surface area contributed by atoms with Crippen LogP contribution in [0.1, 0.15) is 31.4 Å². The molecule has 0 saturated carbocycles. The molecule has 1 heterocycles. The largest absolute Gasteiger partial charge is 0.484 e. The number of ether oxygens (including phenoxy) is 2. The van der Waals surface area contributed by atoms with E-state index >= 15 is 0 Å². The van der Waals surface area contributed by atoms with E-state index in [9.17, 15) is 9.59 Å². The zero-order chi connectivity index (χ0) is 19.1. The van der Waals surface area contributed by atoms with E-state index in [0.29, 0.717) is 24.5 Å². The van der Waals surface area contributed by atoms with Crippen LogP contribution in [0, 0.1) is 0 Å². The second-order valence-corrected chi connectivity index (χ2v) is 6.56. The summed E-state index contributed by atoms with van der Waals surface area (Å²) in [7, 11) is 0. The van der Waals surface area contributed by atoms with E-state index < -0.39 is 0 Å². The number of carbonyl (C=O) groups excluding carboxylic acids is 2. The van der Waals surface area contributed by atoms with Gasteiger partial charge in [0.15, 0.2) is 6.61 Å². The molecule has 0 bridgehead atoms. The van der Waals surface area contributed by atoms with Gasteiger partial charge in [0, 0.05) is 25.3 Å². The Bertz CT molecular complexity index is 779. The molecule has 2 atom stereocenters. The number of nitrogens with one attached hydrogen (secondary N) is 2. The first-order valence-electron chi connectivity index (χ1n) is 9.06. The fourth-order valence-electron chi connectivity index (χ4n) is 3.13. The van der Waals surface area contributed by atoms with Crippen molar-refractivity contribution >= 4 is 17.5 Å². The highest BCUT2D eigenvalue weighted by molar-refractivity contribution is 5.91. The van der Waals surface area contributed by atoms with Crippen LogP contribution < -0.4 is 15.4 Å². The minimum atomic E-state index is -0.225. The molecule has 1 aliphatic heterocycles. The van der Waals surface area contributed by atoms with Crippen LogP contribution in [0.3, 0.4) is 0 Å². The highest BCUT2D eigenvalue weighted by atomic mass is 16.5. The van der Waals surface area contributed by atoms with Crippen molar-refractivity contribution in [1.29, 1.82) is 0 Å². The van der Waals surface area contributed by atoms with E-state index in [2.05, 4.69) is 10.6 Å². The topological polar surface area (TPSA) is 76.7 Å². The number of rotatable bonds is 6. The van der Waals surface area contributed by atoms with Crippen molar-refractivity contribution in [2.45, 2.75) is 31.9 Å². The summed E-state index contributed by atoms with van der Waals surface area (Å²) < 4.78 is 11.3. The second-order valence-electron chi connectivity index (χ2n) is 6.56. The Balaban J connectivity index is 1.56. The van der Waals surface area contributed by atoms with Crippen molar-refractivity contribution in [2.75, 3.05) is 18.5 Å². The smallest absolute Gasteiger partial charge is 0.262 e. The van der Waals surface area contributed by atoms with Gasteiger partial charge in [-0.15, -0.1) is 0 Å². The van der Waals surface area contributed by atoms with E-state index in [0.717, 1.165) is 12.0 Å². The summed E-state index contributed by atoms with van der Waals surface area (Å²) in [6.07, 6.45) is 1.42. The molecule has 6 heteroatoms. The first-order chi connectivity index (χ1) is 13.1. The normalized spacial score (nSPS) is 19.1. The third kappa shape index (κ3) is 5.82. The quantitative estimate of drug-likeness (QED) is 0.822. The minimum Gasteiger partial charge on any atom is -0.484 e. The van der Waals surface area contributed by atoms with E-state index in [1.165, 1.54) is 6.92 Å². The zero-order valence-corrected chi connectivity index (χ0v) is 15.3. The van der Waals surface area contributed by atoms with E-state index in [-0.39, 0.29) is 30.6 Å². The van der Waals surface area contributed by atoms with Crippen LogP contribution in [0.25, 0.3) is 0 Å². The van der Waals surface area contributed by atoms with E-state index in [1.807, 2.05) is 42.5 Å². The third-order valence-electron chi connectivity index (χ3n) is 4.35. The molecular weight excluding hydrogens is 344 g/mol. The molecule has 0 unspecified atom stereocenters. The van der Waals surface area contributed by atoms with Crippen LogP contribution in [-0.2, 0) is 14.3 Å². The Hall–Kier alpha value is -2.86. The van der Waals surface area contributed by atoms with Crippen LogP contribution >= 0.6 is 0 Å². The predicted molar refractivity (Wildman–Crippen MR) is 103 cm³/mol. The number of para-hydroxylation sites is 1. The van der Waals surface area contributed by atoms with Gasteiger partial charge < -0.3 is 20.1 Å². The van der Waals surface area contributed by atoms with Gasteiger partial charge in [0.25, 0.3) is 5.91 Å². The number of benzene rings is 2. The Morgan fingerprint density at radius 3 is 2.74 bits per heavy atom. The maximum Gasteiger partial charge on any atom is 0.262 e. The van der Waals surface area contributed by atoms with Crippen molar-refractivity contribution in [3.8, 4) is 5.75 Å². The summed E-state index contributed by atoms with van der Waals surface area (Å²) in [5.74, 6) is 0.401. The summed E-state index contributed by atoms with van der Waals surface area (Å²) in [5, 5.41) is 5.80. The van der Waals surface area contributed by atoms with Gasteiger partial charge in [-0.3, -0.25) is 9.59 Å². The standard InChI is InChI=1S/C21H24N2O4/c1-15(24)22-18-10-11-26-20(13-18)16-6-5-7-17(12-16)23-21(25)14-27-19-8-3-2-4-9-19/h2-9,12,18,20H,10-11,13-14H2,1H3,(H,22,24)(H,23,25)/t18-,20+/m0/s1. The summed E-state index contributed by atoms with van der Waals surface area (Å²) in [4.78, 5) is 23.4. The SMILES string of the molecule is CC(=O)N[C@H]1CCO[C@@H](c2cccc(NC(=O)COc3ccccc3)c2)C1. The van der Waals surface area contributed by atoms with Gasteiger partial charge in [0.1, 0.15) is 5.75 Å². The molecule has 142 valence electrons. The molecule has 0 radical (unpaired) electrons. The fourth-order valence-corrected chi connectivity index (χ4v) is 3.13. The minimum absolute atomic E-state index is 0.0277. The molecule has 0 aromatic heterocycles. The Labute approximate surface area is 158 Å². The molecule has 6 nitrogen and oxygen atoms in total. The van der Waals surface area contributed by atoms with Crippen molar-refractivity contribution < 1.29 is 19.1 Å². The van der Waals surface area contributed by atoms with Gasteiger partial charge in [-0.25, -0.2) is 0 Å². The molecule has 3 rings (SSSR count). The van der Waals surface area contributed by atoms with Crippen molar-refractivity contribution in [1.82, 2.24) is 5.32 Å². The Kier molecular flexibility index (Phi) is 6.44. The van der Waals surface area contributed by atoms with Crippen molar-refractivity contribution in [3.63, 3.8) is 0 Å². The highest BCUT2D eigenvalue weighted by Crippen LogP contribution is 2.29. The maximum atomic E-state index is 12.1. The zero-order valence-electron chi connectivity index (χ0n) is 15.3. The Morgan fingerprint density at radius 2 is 1.96 bits per heavy atom. The molecule has 1 aliphatic rings. The summed E-state index contributed by atoms with van der Waals surface area (Å²) in [6.45, 7) is 2.06. The lowest BCUT2D eigenvalue weighted by Gasteiger charge is -2.30. The van der Waals surface area contributed by atoms with Gasteiger partial charge in [-0.05, 0) is 42.7 Å². The lowest BCUT2D eigenvalue weighted by Crippen LogP contribution is -2.38. The fraction of sp³-hybridized carbons (Fsp3) is 0.333. The number of carbonyl (C=O) groups is 2. The number of hydrogen-bond donors (Lipinski definition) is 2. The third-order valence-corrected chi connectivity index (χ3v) is 4.35. The molecule has 1 saturated heterocycles. The lowest BCUT2D eigenvalue weighted by atomic mass is 9.97. The first kappa shape index (κ1) is 18.9. The molecular formula is C21H24N2O4. The predicted octanol–water partition coefficient (Wildman–Crippen LogP) is 3.06. The molecule has 2 aromatic rings. The number of anilines is 1. The molecule has 0 spiro atoms. The summed E-state index contributed by atoms with van der Waals surface area (Å²) in [6, 6.07) is 16.9. The van der Waals surface area contributed by atoms with Crippen LogP contribution in [0.2, 0.25) is 0 Å². The summed E-state index contributed by atoms with van der Waals surface area (Å²) in [5.41, 5.74) is 1.67. The van der Waals surface area contributed by atoms with Crippen molar-refractivity contribution in [3.05, 3.63) is 60.2 Å². The number of hydrogen-bond acceptors (Lipinski definition) is 4. The second kappa shape index (κ2) is 9.19. The van der Waals surface area contributed by atoms with Crippen LogP contribution in [0.5, 0.6) is 5.75 Å². The van der Waals surface area contributed by atoms with Gasteiger partial charge in [-0.2, -0.15) is 0 Å². The van der Waals surface area contributed by atoms with Crippen LogP contribution in [0.4, 0.5) is 5.69 Å². The van der Waals surface area contributed by atoms with Crippen molar-refractivity contribution in [2.24, 2.45) is 0 Å². The van der Waals surface area contributed by atoms with Gasteiger partial charge in [-0.1, -0.05) is 30.3 Å². The molecule has 2 N–H and O–H groups in total. The monoisotopic (exact) mass is 368 g/mol. The van der Waals surface area contributed by atoms with Crippen LogP contribution in [0.15, 0.2) is 54.6 Å². The molecule has 0 aliphatic carbocycles. The van der Waals surface area contributed by atoms with Gasteiger partial charge in [0.05, 0.1) is 6.10 Å².